The van der Waals surface area contributed by atoms with Crippen LogP contribution in [0.4, 0.5) is 4.79 Å². The molecular weight excluding hydrogens is 290 g/mol. The summed E-state index contributed by atoms with van der Waals surface area (Å²) in [4.78, 5) is 29.4. The number of carbonyl (C=O) groups is 2. The molecule has 2 rings (SSSR count). The Labute approximate surface area is 128 Å². The van der Waals surface area contributed by atoms with Crippen LogP contribution in [0.5, 0.6) is 0 Å². The van der Waals surface area contributed by atoms with Crippen LogP contribution < -0.4 is 5.32 Å². The van der Waals surface area contributed by atoms with Gasteiger partial charge in [-0.05, 0) is 25.2 Å². The van der Waals surface area contributed by atoms with Crippen molar-refractivity contribution in [3.05, 3.63) is 15.6 Å². The largest absolute Gasteiger partial charge is 0.477 e. The molecule has 2 heterocycles. The van der Waals surface area contributed by atoms with E-state index in [1.165, 1.54) is 0 Å². The molecule has 2 N–H and O–H groups in total. The molecule has 1 fully saturated rings. The van der Waals surface area contributed by atoms with Gasteiger partial charge < -0.3 is 15.3 Å². The predicted molar refractivity (Wildman–Crippen MR) is 80.6 cm³/mol. The van der Waals surface area contributed by atoms with Crippen molar-refractivity contribution in [1.82, 2.24) is 15.2 Å². The first kappa shape index (κ1) is 15.8. The average Bonchev–Trinajstić information content (AvgIpc) is 2.76. The number of nitrogens with one attached hydrogen (secondary N) is 1. The fourth-order valence-electron chi connectivity index (χ4n) is 2.59. The van der Waals surface area contributed by atoms with Crippen molar-refractivity contribution in [2.45, 2.75) is 40.2 Å². The van der Waals surface area contributed by atoms with Crippen LogP contribution in [0.3, 0.4) is 0 Å². The second-order valence-corrected chi connectivity index (χ2v) is 7.26. The lowest BCUT2D eigenvalue weighted by Gasteiger charge is -2.37. The van der Waals surface area contributed by atoms with E-state index in [-0.39, 0.29) is 22.9 Å². The van der Waals surface area contributed by atoms with Crippen molar-refractivity contribution < 1.29 is 14.7 Å². The highest BCUT2D eigenvalue weighted by Gasteiger charge is 2.29. The molecule has 116 valence electrons. The number of hydrogen-bond acceptors (Lipinski definition) is 4. The fraction of sp³-hybridized carbons (Fsp3) is 0.643. The summed E-state index contributed by atoms with van der Waals surface area (Å²) in [5.74, 6) is -0.972. The minimum atomic E-state index is -0.972. The van der Waals surface area contributed by atoms with Crippen LogP contribution in [0, 0.1) is 12.3 Å². The second kappa shape index (κ2) is 6.01. The normalized spacial score (nSPS) is 17.6. The summed E-state index contributed by atoms with van der Waals surface area (Å²) in [6.07, 6.45) is 2.14. The van der Waals surface area contributed by atoms with Gasteiger partial charge in [-0.2, -0.15) is 0 Å². The third-order valence-corrected chi connectivity index (χ3v) is 4.76. The van der Waals surface area contributed by atoms with Crippen molar-refractivity contribution in [1.29, 1.82) is 0 Å². The highest BCUT2D eigenvalue weighted by Crippen LogP contribution is 2.28. The average molecular weight is 311 g/mol. The van der Waals surface area contributed by atoms with Crippen molar-refractivity contribution in [2.75, 3.05) is 13.1 Å². The highest BCUT2D eigenvalue weighted by atomic mass is 32.1. The molecule has 0 unspecified atom stereocenters. The predicted octanol–water partition coefficient (Wildman–Crippen LogP) is 2.48. The zero-order chi connectivity index (χ0) is 15.6. The first-order valence-electron chi connectivity index (χ1n) is 7.01. The Morgan fingerprint density at radius 1 is 1.48 bits per heavy atom. The lowest BCUT2D eigenvalue weighted by Crippen LogP contribution is -2.47. The Balaban J connectivity index is 1.92. The van der Waals surface area contributed by atoms with Crippen LogP contribution in [-0.2, 0) is 6.54 Å². The Bertz CT molecular complexity index is 554. The molecule has 1 aromatic rings. The smallest absolute Gasteiger partial charge is 0.347 e. The number of nitrogens with zero attached hydrogens (tertiary/aromatic N) is 2. The van der Waals surface area contributed by atoms with E-state index in [1.807, 2.05) is 4.90 Å². The minimum absolute atomic E-state index is 0.104. The van der Waals surface area contributed by atoms with Gasteiger partial charge in [-0.25, -0.2) is 14.6 Å². The van der Waals surface area contributed by atoms with Gasteiger partial charge in [0.2, 0.25) is 0 Å². The molecule has 7 heteroatoms. The van der Waals surface area contributed by atoms with Gasteiger partial charge in [0.05, 0.1) is 12.2 Å². The summed E-state index contributed by atoms with van der Waals surface area (Å²) in [5, 5.41) is 12.4. The molecule has 6 nitrogen and oxygen atoms in total. The zero-order valence-corrected chi connectivity index (χ0v) is 13.4. The van der Waals surface area contributed by atoms with Gasteiger partial charge in [-0.3, -0.25) is 0 Å². The summed E-state index contributed by atoms with van der Waals surface area (Å²) in [7, 11) is 0. The molecule has 1 aliphatic rings. The number of aromatic nitrogens is 1. The second-order valence-electron chi connectivity index (χ2n) is 6.18. The molecule has 1 saturated heterocycles. The van der Waals surface area contributed by atoms with Gasteiger partial charge >= 0.3 is 12.0 Å². The van der Waals surface area contributed by atoms with Crippen molar-refractivity contribution in [3.63, 3.8) is 0 Å². The molecule has 0 aliphatic carbocycles. The lowest BCUT2D eigenvalue weighted by atomic mass is 9.84. The summed E-state index contributed by atoms with van der Waals surface area (Å²) in [6, 6.07) is -0.104. The quantitative estimate of drug-likeness (QED) is 0.898. The van der Waals surface area contributed by atoms with E-state index < -0.39 is 5.97 Å². The number of urea groups is 1. The Morgan fingerprint density at radius 3 is 2.76 bits per heavy atom. The van der Waals surface area contributed by atoms with E-state index in [9.17, 15) is 9.59 Å². The standard InChI is InChI=1S/C14H21N3O3S/c1-9-11(12(18)19)21-10(16-9)7-15-13(20)17-6-4-5-14(2,3)8-17/h4-8H2,1-3H3,(H,15,20)(H,18,19). The maximum Gasteiger partial charge on any atom is 0.347 e. The Morgan fingerprint density at radius 2 is 2.19 bits per heavy atom. The van der Waals surface area contributed by atoms with Crippen LogP contribution in [0.1, 0.15) is 47.1 Å². The molecule has 0 spiro atoms. The molecule has 1 aromatic heterocycles. The molecule has 0 aromatic carbocycles. The molecule has 2 amide bonds. The number of amides is 2. The van der Waals surface area contributed by atoms with E-state index in [0.717, 1.165) is 37.3 Å². The molecule has 0 radical (unpaired) electrons. The number of likely N-dealkylation sites (tertiary alicyclic amines) is 1. The lowest BCUT2D eigenvalue weighted by molar-refractivity contribution is 0.0701. The number of aromatic carboxylic acids is 1. The molecule has 0 bridgehead atoms. The fourth-order valence-corrected chi connectivity index (χ4v) is 3.43. The van der Waals surface area contributed by atoms with Crippen LogP contribution in [-0.4, -0.2) is 40.1 Å². The molecular formula is C14H21N3O3S. The van der Waals surface area contributed by atoms with Gasteiger partial charge in [-0.15, -0.1) is 11.3 Å². The van der Waals surface area contributed by atoms with Gasteiger partial charge in [0.1, 0.15) is 9.88 Å². The molecule has 0 atom stereocenters. The van der Waals surface area contributed by atoms with Gasteiger partial charge in [0.25, 0.3) is 0 Å². The van der Waals surface area contributed by atoms with Crippen molar-refractivity contribution in [2.24, 2.45) is 5.41 Å². The monoisotopic (exact) mass is 311 g/mol. The first-order chi connectivity index (χ1) is 9.78. The summed E-state index contributed by atoms with van der Waals surface area (Å²) >= 11 is 1.11. The van der Waals surface area contributed by atoms with Crippen molar-refractivity contribution >= 4 is 23.3 Å². The number of rotatable bonds is 3. The maximum atomic E-state index is 12.2. The number of thiazole rings is 1. The molecule has 1 aliphatic heterocycles. The topological polar surface area (TPSA) is 82.5 Å². The zero-order valence-electron chi connectivity index (χ0n) is 12.6. The number of hydrogen-bond donors (Lipinski definition) is 2. The van der Waals surface area contributed by atoms with Gasteiger partial charge in [0, 0.05) is 13.1 Å². The van der Waals surface area contributed by atoms with Gasteiger partial charge in [-0.1, -0.05) is 13.8 Å². The maximum absolute atomic E-state index is 12.2. The summed E-state index contributed by atoms with van der Waals surface area (Å²) < 4.78 is 0. The highest BCUT2D eigenvalue weighted by molar-refractivity contribution is 7.13. The van der Waals surface area contributed by atoms with E-state index in [1.54, 1.807) is 6.92 Å². The van der Waals surface area contributed by atoms with Crippen LogP contribution in [0.25, 0.3) is 0 Å². The summed E-state index contributed by atoms with van der Waals surface area (Å²) in [6.45, 7) is 7.78. The van der Waals surface area contributed by atoms with E-state index in [4.69, 9.17) is 5.11 Å². The van der Waals surface area contributed by atoms with Crippen LogP contribution >= 0.6 is 11.3 Å². The number of aryl methyl sites for hydroxylation is 1. The van der Waals surface area contributed by atoms with E-state index >= 15 is 0 Å². The number of carboxylic acids is 1. The molecule has 21 heavy (non-hydrogen) atoms. The third kappa shape index (κ3) is 3.93. The van der Waals surface area contributed by atoms with E-state index in [0.29, 0.717) is 10.7 Å². The minimum Gasteiger partial charge on any atom is -0.477 e. The van der Waals surface area contributed by atoms with Crippen LogP contribution in [0.15, 0.2) is 0 Å². The number of carbonyl (C=O) groups excluding carboxylic acids is 1. The Hall–Kier alpha value is -1.63. The third-order valence-electron chi connectivity index (χ3n) is 3.61. The number of carboxylic acid groups (broad SMARTS) is 1. The van der Waals surface area contributed by atoms with Gasteiger partial charge in [0.15, 0.2) is 0 Å². The van der Waals surface area contributed by atoms with Crippen molar-refractivity contribution in [3.8, 4) is 0 Å². The number of piperidine rings is 1. The first-order valence-corrected chi connectivity index (χ1v) is 7.82. The molecule has 0 saturated carbocycles. The SMILES string of the molecule is Cc1nc(CNC(=O)N2CCCC(C)(C)C2)sc1C(=O)O. The summed E-state index contributed by atoms with van der Waals surface area (Å²) in [5.41, 5.74) is 0.653. The van der Waals surface area contributed by atoms with E-state index in [2.05, 4.69) is 24.1 Å². The van der Waals surface area contributed by atoms with Crippen LogP contribution in [0.2, 0.25) is 0 Å². The Kier molecular flexibility index (Phi) is 4.51.